The highest BCUT2D eigenvalue weighted by molar-refractivity contribution is 9.09. The SMILES string of the molecule is CC(CBr)NC(=O)Cc1cccc(F)c1. The van der Waals surface area contributed by atoms with Crippen molar-refractivity contribution in [3.63, 3.8) is 0 Å². The summed E-state index contributed by atoms with van der Waals surface area (Å²) in [7, 11) is 0. The molecule has 1 rings (SSSR count). The van der Waals surface area contributed by atoms with Crippen LogP contribution in [-0.4, -0.2) is 17.3 Å². The van der Waals surface area contributed by atoms with Crippen molar-refractivity contribution in [3.05, 3.63) is 35.6 Å². The van der Waals surface area contributed by atoms with E-state index in [0.29, 0.717) is 10.9 Å². The van der Waals surface area contributed by atoms with Gasteiger partial charge in [-0.3, -0.25) is 4.79 Å². The number of alkyl halides is 1. The van der Waals surface area contributed by atoms with Crippen LogP contribution < -0.4 is 5.32 Å². The quantitative estimate of drug-likeness (QED) is 0.838. The van der Waals surface area contributed by atoms with E-state index in [1.54, 1.807) is 12.1 Å². The van der Waals surface area contributed by atoms with Crippen molar-refractivity contribution in [2.75, 3.05) is 5.33 Å². The van der Waals surface area contributed by atoms with Crippen LogP contribution in [0.1, 0.15) is 12.5 Å². The van der Waals surface area contributed by atoms with Gasteiger partial charge in [-0.1, -0.05) is 28.1 Å². The molecule has 0 radical (unpaired) electrons. The number of benzene rings is 1. The molecule has 0 heterocycles. The van der Waals surface area contributed by atoms with E-state index in [9.17, 15) is 9.18 Å². The summed E-state index contributed by atoms with van der Waals surface area (Å²) in [6.45, 7) is 1.90. The number of amides is 1. The standard InChI is InChI=1S/C11H13BrFNO/c1-8(7-12)14-11(15)6-9-3-2-4-10(13)5-9/h2-5,8H,6-7H2,1H3,(H,14,15). The maximum Gasteiger partial charge on any atom is 0.224 e. The van der Waals surface area contributed by atoms with Crippen molar-refractivity contribution in [2.24, 2.45) is 0 Å². The lowest BCUT2D eigenvalue weighted by atomic mass is 10.1. The fourth-order valence-electron chi connectivity index (χ4n) is 1.20. The summed E-state index contributed by atoms with van der Waals surface area (Å²) in [5, 5.41) is 3.50. The second kappa shape index (κ2) is 5.85. The van der Waals surface area contributed by atoms with Crippen molar-refractivity contribution in [1.82, 2.24) is 5.32 Å². The van der Waals surface area contributed by atoms with Gasteiger partial charge in [-0.25, -0.2) is 4.39 Å². The Balaban J connectivity index is 2.51. The first kappa shape index (κ1) is 12.2. The third-order valence-corrected chi connectivity index (χ3v) is 2.86. The van der Waals surface area contributed by atoms with Gasteiger partial charge < -0.3 is 5.32 Å². The minimum Gasteiger partial charge on any atom is -0.353 e. The highest BCUT2D eigenvalue weighted by Crippen LogP contribution is 2.04. The number of hydrogen-bond acceptors (Lipinski definition) is 1. The molecule has 1 atom stereocenters. The molecular formula is C11H13BrFNO. The van der Waals surface area contributed by atoms with Crippen LogP contribution in [0.2, 0.25) is 0 Å². The lowest BCUT2D eigenvalue weighted by molar-refractivity contribution is -0.120. The number of carbonyl (C=O) groups excluding carboxylic acids is 1. The average Bonchev–Trinajstić information content (AvgIpc) is 2.17. The Bertz CT molecular complexity index is 343. The van der Waals surface area contributed by atoms with Crippen molar-refractivity contribution >= 4 is 21.8 Å². The zero-order chi connectivity index (χ0) is 11.3. The summed E-state index contributed by atoms with van der Waals surface area (Å²) in [4.78, 5) is 11.4. The van der Waals surface area contributed by atoms with Crippen LogP contribution in [0.3, 0.4) is 0 Å². The molecule has 15 heavy (non-hydrogen) atoms. The molecule has 0 aliphatic rings. The van der Waals surface area contributed by atoms with Crippen molar-refractivity contribution in [1.29, 1.82) is 0 Å². The Labute approximate surface area is 97.0 Å². The van der Waals surface area contributed by atoms with Gasteiger partial charge in [0.2, 0.25) is 5.91 Å². The first-order valence-corrected chi connectivity index (χ1v) is 5.83. The van der Waals surface area contributed by atoms with Crippen LogP contribution in [0.15, 0.2) is 24.3 Å². The Morgan fingerprint density at radius 3 is 2.93 bits per heavy atom. The van der Waals surface area contributed by atoms with E-state index in [0.717, 1.165) is 0 Å². The fourth-order valence-corrected chi connectivity index (χ4v) is 1.36. The van der Waals surface area contributed by atoms with Gasteiger partial charge in [-0.2, -0.15) is 0 Å². The normalized spacial score (nSPS) is 12.2. The van der Waals surface area contributed by atoms with E-state index in [2.05, 4.69) is 21.2 Å². The first-order valence-electron chi connectivity index (χ1n) is 4.71. The number of rotatable bonds is 4. The summed E-state index contributed by atoms with van der Waals surface area (Å²) in [5.41, 5.74) is 0.689. The molecule has 0 aromatic heterocycles. The van der Waals surface area contributed by atoms with Crippen LogP contribution >= 0.6 is 15.9 Å². The predicted molar refractivity (Wildman–Crippen MR) is 61.5 cm³/mol. The molecule has 1 unspecified atom stereocenters. The van der Waals surface area contributed by atoms with Crippen LogP contribution in [0, 0.1) is 5.82 Å². The molecule has 0 bridgehead atoms. The van der Waals surface area contributed by atoms with Crippen LogP contribution in [0.5, 0.6) is 0 Å². The largest absolute Gasteiger partial charge is 0.353 e. The van der Waals surface area contributed by atoms with Crippen molar-refractivity contribution < 1.29 is 9.18 Å². The van der Waals surface area contributed by atoms with E-state index in [-0.39, 0.29) is 24.2 Å². The minimum atomic E-state index is -0.311. The Morgan fingerprint density at radius 1 is 1.60 bits per heavy atom. The van der Waals surface area contributed by atoms with Gasteiger partial charge in [0.15, 0.2) is 0 Å². The van der Waals surface area contributed by atoms with Gasteiger partial charge in [0.05, 0.1) is 6.42 Å². The second-order valence-electron chi connectivity index (χ2n) is 3.43. The second-order valence-corrected chi connectivity index (χ2v) is 4.08. The molecular weight excluding hydrogens is 261 g/mol. The Kier molecular flexibility index (Phi) is 4.75. The van der Waals surface area contributed by atoms with Gasteiger partial charge in [-0.15, -0.1) is 0 Å². The molecule has 1 aromatic carbocycles. The highest BCUT2D eigenvalue weighted by Gasteiger charge is 2.07. The molecule has 1 amide bonds. The number of hydrogen-bond donors (Lipinski definition) is 1. The number of nitrogens with one attached hydrogen (secondary N) is 1. The van der Waals surface area contributed by atoms with Gasteiger partial charge >= 0.3 is 0 Å². The van der Waals surface area contributed by atoms with E-state index in [4.69, 9.17) is 0 Å². The minimum absolute atomic E-state index is 0.0889. The highest BCUT2D eigenvalue weighted by atomic mass is 79.9. The van der Waals surface area contributed by atoms with Gasteiger partial charge in [-0.05, 0) is 24.6 Å². The Hall–Kier alpha value is -0.900. The molecule has 0 aliphatic heterocycles. The maximum atomic E-state index is 12.8. The van der Waals surface area contributed by atoms with Crippen LogP contribution in [0.25, 0.3) is 0 Å². The average molecular weight is 274 g/mol. The number of halogens is 2. The summed E-state index contributed by atoms with van der Waals surface area (Å²) < 4.78 is 12.8. The molecule has 0 saturated heterocycles. The first-order chi connectivity index (χ1) is 7.11. The van der Waals surface area contributed by atoms with E-state index in [1.807, 2.05) is 6.92 Å². The lowest BCUT2D eigenvalue weighted by Gasteiger charge is -2.10. The Morgan fingerprint density at radius 2 is 2.33 bits per heavy atom. The van der Waals surface area contributed by atoms with E-state index in [1.165, 1.54) is 12.1 Å². The summed E-state index contributed by atoms with van der Waals surface area (Å²) in [6, 6.07) is 6.17. The summed E-state index contributed by atoms with van der Waals surface area (Å²) in [6.07, 6.45) is 0.217. The molecule has 1 aromatic rings. The fraction of sp³-hybridized carbons (Fsp3) is 0.364. The molecule has 0 aliphatic carbocycles. The molecule has 4 heteroatoms. The third-order valence-electron chi connectivity index (χ3n) is 1.89. The molecule has 2 nitrogen and oxygen atoms in total. The monoisotopic (exact) mass is 273 g/mol. The molecule has 0 spiro atoms. The van der Waals surface area contributed by atoms with E-state index >= 15 is 0 Å². The molecule has 0 fully saturated rings. The van der Waals surface area contributed by atoms with Gasteiger partial charge in [0, 0.05) is 11.4 Å². The zero-order valence-corrected chi connectivity index (χ0v) is 10.1. The number of carbonyl (C=O) groups is 1. The van der Waals surface area contributed by atoms with Crippen molar-refractivity contribution in [2.45, 2.75) is 19.4 Å². The summed E-state index contributed by atoms with van der Waals surface area (Å²) in [5.74, 6) is -0.401. The maximum absolute atomic E-state index is 12.8. The van der Waals surface area contributed by atoms with Gasteiger partial charge in [0.1, 0.15) is 5.82 Å². The molecule has 1 N–H and O–H groups in total. The summed E-state index contributed by atoms with van der Waals surface area (Å²) >= 11 is 3.27. The van der Waals surface area contributed by atoms with Crippen LogP contribution in [-0.2, 0) is 11.2 Å². The van der Waals surface area contributed by atoms with Crippen LogP contribution in [0.4, 0.5) is 4.39 Å². The predicted octanol–water partition coefficient (Wildman–Crippen LogP) is 2.27. The third kappa shape index (κ3) is 4.42. The van der Waals surface area contributed by atoms with E-state index < -0.39 is 0 Å². The molecule has 82 valence electrons. The van der Waals surface area contributed by atoms with Gasteiger partial charge in [0.25, 0.3) is 0 Å². The van der Waals surface area contributed by atoms with Crippen molar-refractivity contribution in [3.8, 4) is 0 Å². The topological polar surface area (TPSA) is 29.1 Å². The molecule has 0 saturated carbocycles. The zero-order valence-electron chi connectivity index (χ0n) is 8.47. The smallest absolute Gasteiger partial charge is 0.224 e. The lowest BCUT2D eigenvalue weighted by Crippen LogP contribution is -2.34.